The summed E-state index contributed by atoms with van der Waals surface area (Å²) in [4.78, 5) is 8.33. The Bertz CT molecular complexity index is 252. The summed E-state index contributed by atoms with van der Waals surface area (Å²) in [6.07, 6.45) is 1.60. The lowest BCUT2D eigenvalue weighted by atomic mass is 10.3. The Hall–Kier alpha value is 0.340. The molecule has 2 N–H and O–H groups in total. The highest BCUT2D eigenvalue weighted by Crippen LogP contribution is 2.12. The van der Waals surface area contributed by atoms with Gasteiger partial charge in [-0.1, -0.05) is 45.2 Å². The Labute approximate surface area is 92.5 Å². The third-order valence-electron chi connectivity index (χ3n) is 1.20. The van der Waals surface area contributed by atoms with Crippen LogP contribution in [0.25, 0.3) is 0 Å². The first-order chi connectivity index (χ1) is 5.27. The lowest BCUT2D eigenvalue weighted by Gasteiger charge is -2.01. The van der Waals surface area contributed by atoms with Gasteiger partial charge >= 0.3 is 0 Å². The maximum absolute atomic E-state index is 5.48. The highest BCUT2D eigenvalue weighted by molar-refractivity contribution is 14.1. The van der Waals surface area contributed by atoms with Crippen LogP contribution in [0, 0.1) is 0 Å². The molecule has 1 rings (SSSR count). The minimum absolute atomic E-state index is 0.505. The van der Waals surface area contributed by atoms with E-state index in [0.717, 1.165) is 20.2 Å². The molecule has 0 saturated carbocycles. The SMILES string of the molecule is Nc1cnc(CI)c(CI)n1. The number of nitrogens with zero attached hydrogens (tertiary/aromatic N) is 2. The molecule has 5 heteroatoms. The van der Waals surface area contributed by atoms with Gasteiger partial charge in [0.2, 0.25) is 0 Å². The van der Waals surface area contributed by atoms with E-state index in [0.29, 0.717) is 5.82 Å². The minimum atomic E-state index is 0.505. The van der Waals surface area contributed by atoms with Crippen LogP contribution in [0.2, 0.25) is 0 Å². The molecule has 1 aromatic rings. The molecule has 0 saturated heterocycles. The Balaban J connectivity index is 3.06. The van der Waals surface area contributed by atoms with Crippen molar-refractivity contribution in [3.05, 3.63) is 17.6 Å². The van der Waals surface area contributed by atoms with Gasteiger partial charge in [-0.05, 0) is 0 Å². The normalized spacial score (nSPS) is 10.0. The number of hydrogen-bond donors (Lipinski definition) is 1. The second-order valence-corrected chi connectivity index (χ2v) is 3.48. The maximum atomic E-state index is 5.48. The summed E-state index contributed by atoms with van der Waals surface area (Å²) < 4.78 is 1.76. The van der Waals surface area contributed by atoms with Gasteiger partial charge in [0.15, 0.2) is 0 Å². The molecule has 1 heterocycles. The van der Waals surface area contributed by atoms with Gasteiger partial charge in [-0.3, -0.25) is 4.98 Å². The summed E-state index contributed by atoms with van der Waals surface area (Å²) in [7, 11) is 0. The molecule has 0 fully saturated rings. The van der Waals surface area contributed by atoms with Gasteiger partial charge in [0.05, 0.1) is 17.6 Å². The fourth-order valence-corrected chi connectivity index (χ4v) is 1.93. The van der Waals surface area contributed by atoms with E-state index in [2.05, 4.69) is 55.1 Å². The predicted octanol–water partition coefficient (Wildman–Crippen LogP) is 1.93. The molecule has 11 heavy (non-hydrogen) atoms. The Morgan fingerprint density at radius 1 is 1.27 bits per heavy atom. The van der Waals surface area contributed by atoms with E-state index in [9.17, 15) is 0 Å². The molecule has 0 radical (unpaired) electrons. The molecule has 0 unspecified atom stereocenters. The van der Waals surface area contributed by atoms with Crippen LogP contribution < -0.4 is 5.73 Å². The van der Waals surface area contributed by atoms with Crippen molar-refractivity contribution in [3.8, 4) is 0 Å². The first-order valence-corrected chi connectivity index (χ1v) is 6.05. The Morgan fingerprint density at radius 2 is 1.91 bits per heavy atom. The molecular weight excluding hydrogens is 368 g/mol. The molecule has 0 aromatic carbocycles. The highest BCUT2D eigenvalue weighted by Gasteiger charge is 2.02. The number of hydrogen-bond acceptors (Lipinski definition) is 3. The summed E-state index contributed by atoms with van der Waals surface area (Å²) in [6.45, 7) is 0. The zero-order valence-electron chi connectivity index (χ0n) is 5.72. The topological polar surface area (TPSA) is 51.8 Å². The average molecular weight is 375 g/mol. The van der Waals surface area contributed by atoms with Crippen molar-refractivity contribution in [2.75, 3.05) is 5.73 Å². The van der Waals surface area contributed by atoms with Gasteiger partial charge < -0.3 is 5.73 Å². The van der Waals surface area contributed by atoms with Crippen molar-refractivity contribution in [2.24, 2.45) is 0 Å². The van der Waals surface area contributed by atoms with Gasteiger partial charge in [0.1, 0.15) is 5.82 Å². The lowest BCUT2D eigenvalue weighted by molar-refractivity contribution is 1.05. The number of alkyl halides is 2. The summed E-state index contributed by atoms with van der Waals surface area (Å²) in [5.41, 5.74) is 7.51. The van der Waals surface area contributed by atoms with Crippen molar-refractivity contribution < 1.29 is 0 Å². The molecule has 0 spiro atoms. The van der Waals surface area contributed by atoms with Crippen LogP contribution in [0.4, 0.5) is 5.82 Å². The molecule has 0 aliphatic heterocycles. The molecule has 1 aromatic heterocycles. The van der Waals surface area contributed by atoms with E-state index < -0.39 is 0 Å². The number of anilines is 1. The molecule has 0 aliphatic rings. The highest BCUT2D eigenvalue weighted by atomic mass is 127. The predicted molar refractivity (Wildman–Crippen MR) is 61.9 cm³/mol. The van der Waals surface area contributed by atoms with Gasteiger partial charge in [-0.25, -0.2) is 4.98 Å². The Kier molecular flexibility index (Phi) is 3.76. The second kappa shape index (κ2) is 4.39. The first kappa shape index (κ1) is 9.43. The zero-order valence-corrected chi connectivity index (χ0v) is 10.0. The van der Waals surface area contributed by atoms with Crippen LogP contribution >= 0.6 is 45.2 Å². The zero-order chi connectivity index (χ0) is 8.27. The van der Waals surface area contributed by atoms with Crippen LogP contribution in [0.15, 0.2) is 6.20 Å². The van der Waals surface area contributed by atoms with E-state index in [4.69, 9.17) is 5.73 Å². The second-order valence-electron chi connectivity index (χ2n) is 1.96. The van der Waals surface area contributed by atoms with Gasteiger partial charge in [0.25, 0.3) is 0 Å². The van der Waals surface area contributed by atoms with Gasteiger partial charge in [-0.2, -0.15) is 0 Å². The number of nitrogen functional groups attached to an aromatic ring is 1. The number of aromatic nitrogens is 2. The average Bonchev–Trinajstić information content (AvgIpc) is 2.04. The molecule has 0 bridgehead atoms. The molecule has 0 amide bonds. The minimum Gasteiger partial charge on any atom is -0.382 e. The van der Waals surface area contributed by atoms with Crippen molar-refractivity contribution in [2.45, 2.75) is 8.86 Å². The van der Waals surface area contributed by atoms with Gasteiger partial charge in [-0.15, -0.1) is 0 Å². The maximum Gasteiger partial charge on any atom is 0.142 e. The lowest BCUT2D eigenvalue weighted by Crippen LogP contribution is -2.00. The van der Waals surface area contributed by atoms with E-state index >= 15 is 0 Å². The summed E-state index contributed by atoms with van der Waals surface area (Å²) >= 11 is 4.52. The largest absolute Gasteiger partial charge is 0.382 e. The quantitative estimate of drug-likeness (QED) is 0.635. The van der Waals surface area contributed by atoms with Crippen molar-refractivity contribution in [3.63, 3.8) is 0 Å². The first-order valence-electron chi connectivity index (χ1n) is 3.00. The number of nitrogens with two attached hydrogens (primary N) is 1. The summed E-state index contributed by atoms with van der Waals surface area (Å²) in [5, 5.41) is 0. The standard InChI is InChI=1S/C6H7I2N3/c7-1-4-5(2-8)11-6(9)3-10-4/h3H,1-2H2,(H2,9,11). The molecule has 60 valence electrons. The van der Waals surface area contributed by atoms with Crippen LogP contribution in [0.3, 0.4) is 0 Å². The van der Waals surface area contributed by atoms with Crippen LogP contribution in [0.1, 0.15) is 11.4 Å². The third kappa shape index (κ3) is 2.39. The fourth-order valence-electron chi connectivity index (χ4n) is 0.686. The molecular formula is C6H7I2N3. The fraction of sp³-hybridized carbons (Fsp3) is 0.333. The monoisotopic (exact) mass is 375 g/mol. The van der Waals surface area contributed by atoms with Crippen LogP contribution in [-0.2, 0) is 8.86 Å². The van der Waals surface area contributed by atoms with Gasteiger partial charge in [0, 0.05) is 8.86 Å². The molecule has 0 atom stereocenters. The van der Waals surface area contributed by atoms with Crippen LogP contribution in [-0.4, -0.2) is 9.97 Å². The van der Waals surface area contributed by atoms with E-state index in [1.54, 1.807) is 6.20 Å². The molecule has 0 aliphatic carbocycles. The smallest absolute Gasteiger partial charge is 0.142 e. The summed E-state index contributed by atoms with van der Waals surface area (Å²) in [5.74, 6) is 0.505. The third-order valence-corrected chi connectivity index (χ3v) is 2.65. The summed E-state index contributed by atoms with van der Waals surface area (Å²) in [6, 6.07) is 0. The number of halogens is 2. The van der Waals surface area contributed by atoms with Crippen molar-refractivity contribution in [1.29, 1.82) is 0 Å². The number of rotatable bonds is 2. The van der Waals surface area contributed by atoms with Crippen molar-refractivity contribution >= 4 is 51.0 Å². The Morgan fingerprint density at radius 3 is 2.45 bits per heavy atom. The molecule has 3 nitrogen and oxygen atoms in total. The van der Waals surface area contributed by atoms with E-state index in [1.807, 2.05) is 0 Å². The van der Waals surface area contributed by atoms with E-state index in [-0.39, 0.29) is 0 Å². The van der Waals surface area contributed by atoms with E-state index in [1.165, 1.54) is 0 Å². The van der Waals surface area contributed by atoms with Crippen LogP contribution in [0.5, 0.6) is 0 Å². The van der Waals surface area contributed by atoms with Crippen molar-refractivity contribution in [1.82, 2.24) is 9.97 Å².